The third kappa shape index (κ3) is 4.48. The fourth-order valence-electron chi connectivity index (χ4n) is 3.27. The zero-order valence-electron chi connectivity index (χ0n) is 13.3. The molecule has 2 saturated heterocycles. The van der Waals surface area contributed by atoms with E-state index in [1.54, 1.807) is 0 Å². The highest BCUT2D eigenvalue weighted by Gasteiger charge is 2.32. The number of carbonyl (C=O) groups is 1. The van der Waals surface area contributed by atoms with Crippen LogP contribution in [0.15, 0.2) is 0 Å². The van der Waals surface area contributed by atoms with Gasteiger partial charge in [0, 0.05) is 39.1 Å². The summed E-state index contributed by atoms with van der Waals surface area (Å²) in [5, 5.41) is 0. The Kier molecular flexibility index (Phi) is 5.40. The molecule has 2 atom stereocenters. The number of sulfonamides is 1. The van der Waals surface area contributed by atoms with Crippen LogP contribution in [0, 0.1) is 5.92 Å². The molecule has 0 spiro atoms. The van der Waals surface area contributed by atoms with E-state index in [0.717, 1.165) is 32.5 Å². The predicted molar refractivity (Wildman–Crippen MR) is 82.7 cm³/mol. The van der Waals surface area contributed by atoms with Crippen LogP contribution in [0.25, 0.3) is 0 Å². The Morgan fingerprint density at radius 2 is 1.86 bits per heavy atom. The normalized spacial score (nSPS) is 30.4. The lowest BCUT2D eigenvalue weighted by Crippen LogP contribution is -2.54. The van der Waals surface area contributed by atoms with Crippen molar-refractivity contribution < 1.29 is 13.2 Å². The second-order valence-electron chi connectivity index (χ2n) is 6.56. The van der Waals surface area contributed by atoms with Crippen molar-refractivity contribution in [1.82, 2.24) is 14.1 Å². The Hall–Kier alpha value is -0.500. The number of likely N-dealkylation sites (N-methyl/N-ethyl adjacent to an activating group) is 2. The number of ketones is 1. The summed E-state index contributed by atoms with van der Waals surface area (Å²) in [7, 11) is 0.905. The number of piperazine rings is 1. The molecule has 6 nitrogen and oxygen atoms in total. The van der Waals surface area contributed by atoms with Crippen molar-refractivity contribution in [2.45, 2.75) is 25.3 Å². The van der Waals surface area contributed by atoms with Crippen molar-refractivity contribution in [3.63, 3.8) is 0 Å². The smallest absolute Gasteiger partial charge is 0.211 e. The minimum absolute atomic E-state index is 0.0441. The summed E-state index contributed by atoms with van der Waals surface area (Å²) in [6.45, 7) is 3.77. The van der Waals surface area contributed by atoms with Crippen LogP contribution in [0.1, 0.15) is 19.3 Å². The molecule has 0 amide bonds. The topological polar surface area (TPSA) is 60.9 Å². The molecule has 2 heterocycles. The highest BCUT2D eigenvalue weighted by atomic mass is 32.2. The highest BCUT2D eigenvalue weighted by Crippen LogP contribution is 2.23. The maximum atomic E-state index is 12.5. The van der Waals surface area contributed by atoms with Crippen LogP contribution in [0.4, 0.5) is 0 Å². The first kappa shape index (κ1) is 16.9. The van der Waals surface area contributed by atoms with Gasteiger partial charge in [-0.3, -0.25) is 9.69 Å². The van der Waals surface area contributed by atoms with E-state index in [4.69, 9.17) is 0 Å². The minimum atomic E-state index is -3.14. The summed E-state index contributed by atoms with van der Waals surface area (Å²) >= 11 is 0. The van der Waals surface area contributed by atoms with Gasteiger partial charge in [0.05, 0.1) is 12.3 Å². The Morgan fingerprint density at radius 3 is 2.52 bits per heavy atom. The summed E-state index contributed by atoms with van der Waals surface area (Å²) in [4.78, 5) is 16.9. The first-order chi connectivity index (χ1) is 9.77. The number of hydrogen-bond donors (Lipinski definition) is 0. The van der Waals surface area contributed by atoms with Crippen LogP contribution in [0.3, 0.4) is 0 Å². The summed E-state index contributed by atoms with van der Waals surface area (Å²) in [6.07, 6.45) is 3.55. The lowest BCUT2D eigenvalue weighted by molar-refractivity contribution is -0.127. The van der Waals surface area contributed by atoms with Crippen molar-refractivity contribution >= 4 is 15.8 Å². The molecule has 0 radical (unpaired) electrons. The van der Waals surface area contributed by atoms with Crippen molar-refractivity contribution in [3.05, 3.63) is 0 Å². The molecule has 0 aromatic heterocycles. The maximum absolute atomic E-state index is 12.5. The average molecular weight is 317 g/mol. The van der Waals surface area contributed by atoms with Gasteiger partial charge in [0.15, 0.2) is 5.78 Å². The molecule has 2 rings (SSSR count). The van der Waals surface area contributed by atoms with Gasteiger partial charge in [-0.05, 0) is 32.9 Å². The van der Waals surface area contributed by atoms with E-state index in [-0.39, 0.29) is 17.7 Å². The molecule has 21 heavy (non-hydrogen) atoms. The van der Waals surface area contributed by atoms with Gasteiger partial charge >= 0.3 is 0 Å². The number of piperidine rings is 1. The largest absolute Gasteiger partial charge is 0.303 e. The number of rotatable bonds is 4. The van der Waals surface area contributed by atoms with Crippen LogP contribution in [0.5, 0.6) is 0 Å². The zero-order valence-corrected chi connectivity index (χ0v) is 14.1. The van der Waals surface area contributed by atoms with Crippen LogP contribution < -0.4 is 0 Å². The minimum Gasteiger partial charge on any atom is -0.303 e. The lowest BCUT2D eigenvalue weighted by Gasteiger charge is -2.38. The van der Waals surface area contributed by atoms with Gasteiger partial charge in [0.1, 0.15) is 0 Å². The lowest BCUT2D eigenvalue weighted by atomic mass is 9.91. The van der Waals surface area contributed by atoms with Gasteiger partial charge in [0.2, 0.25) is 10.0 Å². The van der Waals surface area contributed by atoms with E-state index in [1.807, 2.05) is 14.1 Å². The fraction of sp³-hybridized carbons (Fsp3) is 0.929. The molecule has 2 aliphatic heterocycles. The van der Waals surface area contributed by atoms with Gasteiger partial charge in [0.25, 0.3) is 0 Å². The number of Topliss-reactive ketones (excluding diaryl/α,β-unsaturated/α-hetero) is 1. The Bertz CT molecular complexity index is 480. The summed E-state index contributed by atoms with van der Waals surface area (Å²) in [6, 6.07) is -0.0441. The van der Waals surface area contributed by atoms with Gasteiger partial charge in [-0.15, -0.1) is 0 Å². The van der Waals surface area contributed by atoms with Crippen molar-refractivity contribution in [3.8, 4) is 0 Å². The summed E-state index contributed by atoms with van der Waals surface area (Å²) in [5.74, 6) is 0.422. The van der Waals surface area contributed by atoms with Crippen LogP contribution in [0.2, 0.25) is 0 Å². The second-order valence-corrected chi connectivity index (χ2v) is 8.54. The van der Waals surface area contributed by atoms with Gasteiger partial charge in [-0.1, -0.05) is 0 Å². The molecule has 0 aliphatic carbocycles. The Labute approximate surface area is 128 Å². The molecule has 2 aliphatic rings. The standard InChI is InChI=1S/C14H27N3O3S/c1-15-7-8-16(2)13(11-15)14(18)9-12-5-4-6-17(10-12)21(3,19)20/h12-13H,4-11H2,1-3H3. The van der Waals surface area contributed by atoms with E-state index in [2.05, 4.69) is 9.80 Å². The first-order valence-electron chi connectivity index (χ1n) is 7.64. The Balaban J connectivity index is 1.93. The van der Waals surface area contributed by atoms with Crippen LogP contribution in [-0.2, 0) is 14.8 Å². The predicted octanol–water partition coefficient (Wildman–Crippen LogP) is -0.137. The fourth-order valence-corrected chi connectivity index (χ4v) is 4.22. The highest BCUT2D eigenvalue weighted by molar-refractivity contribution is 7.88. The van der Waals surface area contributed by atoms with E-state index in [9.17, 15) is 13.2 Å². The number of nitrogens with zero attached hydrogens (tertiary/aromatic N) is 3. The SMILES string of the molecule is CN1CCN(C)C(C(=O)CC2CCCN(S(C)(=O)=O)C2)C1. The Morgan fingerprint density at radius 1 is 1.14 bits per heavy atom. The number of carbonyl (C=O) groups excluding carboxylic acids is 1. The van der Waals surface area contributed by atoms with Crippen molar-refractivity contribution in [1.29, 1.82) is 0 Å². The van der Waals surface area contributed by atoms with Crippen molar-refractivity contribution in [2.75, 3.05) is 53.1 Å². The van der Waals surface area contributed by atoms with Gasteiger partial charge in [-0.2, -0.15) is 0 Å². The zero-order chi connectivity index (χ0) is 15.6. The molecule has 0 bridgehead atoms. The first-order valence-corrected chi connectivity index (χ1v) is 9.49. The third-order valence-electron chi connectivity index (χ3n) is 4.66. The van der Waals surface area contributed by atoms with Gasteiger partial charge in [-0.25, -0.2) is 12.7 Å². The van der Waals surface area contributed by atoms with E-state index in [1.165, 1.54) is 10.6 Å². The molecule has 2 unspecified atom stereocenters. The summed E-state index contributed by atoms with van der Waals surface area (Å²) < 4.78 is 24.8. The summed E-state index contributed by atoms with van der Waals surface area (Å²) in [5.41, 5.74) is 0. The monoisotopic (exact) mass is 317 g/mol. The van der Waals surface area contributed by atoms with E-state index >= 15 is 0 Å². The molecule has 0 aromatic rings. The molecular weight excluding hydrogens is 290 g/mol. The molecule has 0 saturated carbocycles. The molecule has 2 fully saturated rings. The quantitative estimate of drug-likeness (QED) is 0.722. The molecule has 0 aromatic carbocycles. The third-order valence-corrected chi connectivity index (χ3v) is 5.93. The van der Waals surface area contributed by atoms with Crippen LogP contribution in [-0.4, -0.2) is 87.4 Å². The molecule has 0 N–H and O–H groups in total. The number of hydrogen-bond acceptors (Lipinski definition) is 5. The molecule has 122 valence electrons. The maximum Gasteiger partial charge on any atom is 0.211 e. The second kappa shape index (κ2) is 6.73. The van der Waals surface area contributed by atoms with Crippen LogP contribution >= 0.6 is 0 Å². The average Bonchev–Trinajstić information content (AvgIpc) is 2.41. The van der Waals surface area contributed by atoms with E-state index < -0.39 is 10.0 Å². The van der Waals surface area contributed by atoms with Crippen molar-refractivity contribution in [2.24, 2.45) is 5.92 Å². The van der Waals surface area contributed by atoms with Gasteiger partial charge < -0.3 is 4.90 Å². The van der Waals surface area contributed by atoms with E-state index in [0.29, 0.717) is 19.5 Å². The molecular formula is C14H27N3O3S. The molecule has 7 heteroatoms.